The van der Waals surface area contributed by atoms with Crippen LogP contribution in [0.5, 0.6) is 0 Å². The molecule has 0 atom stereocenters. The quantitative estimate of drug-likeness (QED) is 0.283. The lowest BCUT2D eigenvalue weighted by Gasteiger charge is -1.86. The van der Waals surface area contributed by atoms with E-state index in [4.69, 9.17) is 0 Å². The molecule has 0 aliphatic rings. The van der Waals surface area contributed by atoms with Crippen molar-refractivity contribution in [2.75, 3.05) is 6.61 Å². The van der Waals surface area contributed by atoms with E-state index in [1.165, 1.54) is 6.26 Å². The van der Waals surface area contributed by atoms with Crippen molar-refractivity contribution in [3.05, 3.63) is 37.7 Å². The van der Waals surface area contributed by atoms with Crippen LogP contribution in [0.4, 0.5) is 17.6 Å². The van der Waals surface area contributed by atoms with Crippen molar-refractivity contribution in [1.29, 1.82) is 0 Å². The molecule has 0 bridgehead atoms. The number of rotatable bonds is 3. The highest BCUT2D eigenvalue weighted by molar-refractivity contribution is 4.77. The maximum atomic E-state index is 10.3. The number of hydrogen-bond acceptors (Lipinski definition) is 1. The summed E-state index contributed by atoms with van der Waals surface area (Å²) in [5.41, 5.74) is 0. The maximum Gasteiger partial charge on any atom is 0.334 e. The summed E-state index contributed by atoms with van der Waals surface area (Å²) in [7, 11) is 0. The zero-order valence-electron chi connectivity index (χ0n) is 6.20. The summed E-state index contributed by atoms with van der Waals surface area (Å²) in [5.74, 6) is 0. The molecule has 0 rings (SSSR count). The molecule has 12 heavy (non-hydrogen) atoms. The molecule has 0 saturated heterocycles. The molecule has 0 saturated carbocycles. The Hall–Kier alpha value is -1.26. The second kappa shape index (κ2) is 9.74. The van der Waals surface area contributed by atoms with Crippen molar-refractivity contribution >= 4 is 0 Å². The van der Waals surface area contributed by atoms with Gasteiger partial charge in [-0.05, 0) is 0 Å². The van der Waals surface area contributed by atoms with E-state index in [2.05, 4.69) is 17.9 Å². The highest BCUT2D eigenvalue weighted by atomic mass is 19.3. The molecule has 0 fully saturated rings. The third-order valence-corrected chi connectivity index (χ3v) is 0.475. The van der Waals surface area contributed by atoms with Gasteiger partial charge in [-0.15, -0.1) is 0 Å². The van der Waals surface area contributed by atoms with Gasteiger partial charge in [-0.1, -0.05) is 19.2 Å². The fourth-order valence-corrected chi connectivity index (χ4v) is 0.136. The van der Waals surface area contributed by atoms with Crippen molar-refractivity contribution in [2.45, 2.75) is 0 Å². The van der Waals surface area contributed by atoms with Crippen LogP contribution in [0.25, 0.3) is 0 Å². The van der Waals surface area contributed by atoms with Crippen LogP contribution in [0.2, 0.25) is 0 Å². The van der Waals surface area contributed by atoms with Gasteiger partial charge < -0.3 is 4.74 Å². The van der Waals surface area contributed by atoms with E-state index in [9.17, 15) is 17.6 Å². The summed E-state index contributed by atoms with van der Waals surface area (Å²) in [6.45, 7) is 7.31. The van der Waals surface area contributed by atoms with Crippen LogP contribution in [0.15, 0.2) is 37.7 Å². The Morgan fingerprint density at radius 3 is 1.58 bits per heavy atom. The first-order valence-corrected chi connectivity index (χ1v) is 2.76. The van der Waals surface area contributed by atoms with Crippen LogP contribution in [0.1, 0.15) is 0 Å². The van der Waals surface area contributed by atoms with Gasteiger partial charge in [0.1, 0.15) is 6.61 Å². The molecular formula is C7H8F4O. The SMILES string of the molecule is C=CCOC=C.FC(F)=C(F)F. The first kappa shape index (κ1) is 13.3. The van der Waals surface area contributed by atoms with E-state index >= 15 is 0 Å². The largest absolute Gasteiger partial charge is 0.498 e. The topological polar surface area (TPSA) is 9.23 Å². The molecule has 0 N–H and O–H groups in total. The Kier molecular flexibility index (Phi) is 10.8. The van der Waals surface area contributed by atoms with E-state index in [0.717, 1.165) is 0 Å². The van der Waals surface area contributed by atoms with E-state index in [1.807, 2.05) is 0 Å². The predicted molar refractivity (Wildman–Crippen MR) is 37.8 cm³/mol. The van der Waals surface area contributed by atoms with Crippen LogP contribution in [0.3, 0.4) is 0 Å². The van der Waals surface area contributed by atoms with Crippen LogP contribution in [-0.4, -0.2) is 6.61 Å². The molecule has 0 radical (unpaired) electrons. The second-order valence-corrected chi connectivity index (χ2v) is 1.31. The molecule has 0 unspecified atom stereocenters. The molecule has 0 heterocycles. The average Bonchev–Trinajstić information content (AvgIpc) is 2.02. The lowest BCUT2D eigenvalue weighted by Crippen LogP contribution is -1.75. The van der Waals surface area contributed by atoms with E-state index in [0.29, 0.717) is 6.61 Å². The average molecular weight is 184 g/mol. The van der Waals surface area contributed by atoms with Gasteiger partial charge in [0, 0.05) is 0 Å². The first-order chi connectivity index (χ1) is 5.56. The summed E-state index contributed by atoms with van der Waals surface area (Å²) >= 11 is 0. The van der Waals surface area contributed by atoms with Gasteiger partial charge in [0.2, 0.25) is 0 Å². The zero-order chi connectivity index (χ0) is 9.98. The molecule has 1 nitrogen and oxygen atoms in total. The first-order valence-electron chi connectivity index (χ1n) is 2.76. The molecule has 0 spiro atoms. The third kappa shape index (κ3) is 15.9. The standard InChI is InChI=1S/C5H8O.C2F4/c1-3-5-6-4-2;3-1(4)2(5)6/h3-4H,1-2,5H2;. The molecule has 0 aliphatic carbocycles. The molecule has 0 aromatic heterocycles. The number of hydrogen-bond donors (Lipinski definition) is 0. The minimum absolute atomic E-state index is 0.559. The molecular weight excluding hydrogens is 176 g/mol. The summed E-state index contributed by atoms with van der Waals surface area (Å²) in [6, 6.07) is 0. The van der Waals surface area contributed by atoms with Crippen LogP contribution < -0.4 is 0 Å². The van der Waals surface area contributed by atoms with Crippen molar-refractivity contribution in [3.63, 3.8) is 0 Å². The van der Waals surface area contributed by atoms with Gasteiger partial charge in [-0.25, -0.2) is 0 Å². The lowest BCUT2D eigenvalue weighted by molar-refractivity contribution is 0.291. The Morgan fingerprint density at radius 2 is 1.50 bits per heavy atom. The van der Waals surface area contributed by atoms with Crippen LogP contribution in [0, 0.1) is 0 Å². The fraction of sp³-hybridized carbons (Fsp3) is 0.143. The minimum atomic E-state index is -2.91. The normalized spacial score (nSPS) is 7.33. The van der Waals surface area contributed by atoms with Crippen molar-refractivity contribution in [3.8, 4) is 0 Å². The predicted octanol–water partition coefficient (Wildman–Crippen LogP) is 3.32. The number of halogens is 4. The Morgan fingerprint density at radius 1 is 1.08 bits per heavy atom. The third-order valence-electron chi connectivity index (χ3n) is 0.475. The van der Waals surface area contributed by atoms with Gasteiger partial charge in [-0.3, -0.25) is 0 Å². The summed E-state index contributed by atoms with van der Waals surface area (Å²) in [6.07, 6.45) is -2.76. The Balaban J connectivity index is 0. The smallest absolute Gasteiger partial charge is 0.334 e. The van der Waals surface area contributed by atoms with Gasteiger partial charge in [-0.2, -0.15) is 17.6 Å². The van der Waals surface area contributed by atoms with Crippen LogP contribution in [-0.2, 0) is 4.74 Å². The van der Waals surface area contributed by atoms with E-state index in [1.54, 1.807) is 6.08 Å². The monoisotopic (exact) mass is 184 g/mol. The van der Waals surface area contributed by atoms with Crippen molar-refractivity contribution in [2.24, 2.45) is 0 Å². The Bertz CT molecular complexity index is 139. The molecule has 0 amide bonds. The van der Waals surface area contributed by atoms with Crippen molar-refractivity contribution < 1.29 is 22.3 Å². The highest BCUT2D eigenvalue weighted by Gasteiger charge is 1.98. The summed E-state index contributed by atoms with van der Waals surface area (Å²) in [5, 5.41) is 0. The maximum absolute atomic E-state index is 10.3. The molecule has 5 heteroatoms. The number of ether oxygens (including phenoxy) is 1. The van der Waals surface area contributed by atoms with Crippen LogP contribution >= 0.6 is 0 Å². The lowest BCUT2D eigenvalue weighted by atomic mass is 10.7. The second-order valence-electron chi connectivity index (χ2n) is 1.31. The van der Waals surface area contributed by atoms with E-state index in [-0.39, 0.29) is 0 Å². The minimum Gasteiger partial charge on any atom is -0.498 e. The summed E-state index contributed by atoms with van der Waals surface area (Å²) in [4.78, 5) is 0. The zero-order valence-corrected chi connectivity index (χ0v) is 6.20. The molecule has 0 aromatic carbocycles. The van der Waals surface area contributed by atoms with E-state index < -0.39 is 12.2 Å². The van der Waals surface area contributed by atoms with Gasteiger partial charge in [0.05, 0.1) is 6.26 Å². The van der Waals surface area contributed by atoms with Gasteiger partial charge >= 0.3 is 12.2 Å². The van der Waals surface area contributed by atoms with Gasteiger partial charge in [0.15, 0.2) is 0 Å². The Labute approximate surface area is 67.6 Å². The highest BCUT2D eigenvalue weighted by Crippen LogP contribution is 2.08. The fourth-order valence-electron chi connectivity index (χ4n) is 0.136. The molecule has 0 aromatic rings. The summed E-state index contributed by atoms with van der Waals surface area (Å²) < 4.78 is 45.8. The molecule has 70 valence electrons. The molecule has 0 aliphatic heterocycles. The van der Waals surface area contributed by atoms with Crippen molar-refractivity contribution in [1.82, 2.24) is 0 Å². The van der Waals surface area contributed by atoms with Gasteiger partial charge in [0.25, 0.3) is 0 Å².